The monoisotopic (exact) mass is 333 g/mol. The lowest BCUT2D eigenvalue weighted by Gasteiger charge is -2.04. The van der Waals surface area contributed by atoms with E-state index in [0.717, 1.165) is 11.1 Å². The molecule has 1 N–H and O–H groups in total. The van der Waals surface area contributed by atoms with E-state index in [-0.39, 0.29) is 12.5 Å². The molecular weight excluding hydrogens is 322 g/mol. The number of rotatable bonds is 5. The summed E-state index contributed by atoms with van der Waals surface area (Å²) in [5, 5.41) is 19.3. The minimum atomic E-state index is -0.177. The molecule has 1 amide bonds. The molecule has 22 heavy (non-hydrogen) atoms. The second-order valence-electron chi connectivity index (χ2n) is 4.56. The van der Waals surface area contributed by atoms with E-state index in [4.69, 9.17) is 11.6 Å². The highest BCUT2D eigenvalue weighted by Gasteiger charge is 2.09. The van der Waals surface area contributed by atoms with Gasteiger partial charge in [-0.1, -0.05) is 23.7 Å². The topological polar surface area (TPSA) is 72.7 Å². The standard InChI is InChI=1S/C14H12ClN5OS/c15-12-3-1-10(2-4-12)7-16-13(21)8-20-18-14(17-19-20)11-5-6-22-9-11/h1-6,9H,7-8H2,(H,16,21). The van der Waals surface area contributed by atoms with Crippen LogP contribution < -0.4 is 5.32 Å². The lowest BCUT2D eigenvalue weighted by atomic mass is 10.2. The van der Waals surface area contributed by atoms with E-state index in [9.17, 15) is 4.79 Å². The molecule has 0 aliphatic rings. The summed E-state index contributed by atoms with van der Waals surface area (Å²) in [5.74, 6) is 0.343. The minimum absolute atomic E-state index is 0.0325. The first-order valence-corrected chi connectivity index (χ1v) is 7.84. The van der Waals surface area contributed by atoms with Gasteiger partial charge in [0.2, 0.25) is 11.7 Å². The number of nitrogens with zero attached hydrogens (tertiary/aromatic N) is 4. The SMILES string of the molecule is O=C(Cn1nnc(-c2ccsc2)n1)NCc1ccc(Cl)cc1. The van der Waals surface area contributed by atoms with Crippen molar-refractivity contribution in [1.29, 1.82) is 0 Å². The van der Waals surface area contributed by atoms with Crippen molar-refractivity contribution in [3.05, 3.63) is 51.7 Å². The Labute approximate surface area is 135 Å². The van der Waals surface area contributed by atoms with Crippen LogP contribution in [-0.4, -0.2) is 26.1 Å². The molecule has 3 aromatic rings. The molecule has 0 aliphatic carbocycles. The molecule has 0 bridgehead atoms. The van der Waals surface area contributed by atoms with Crippen LogP contribution in [0, 0.1) is 0 Å². The number of thiophene rings is 1. The van der Waals surface area contributed by atoms with Crippen LogP contribution in [0.25, 0.3) is 11.4 Å². The van der Waals surface area contributed by atoms with E-state index in [1.165, 1.54) is 4.80 Å². The number of aromatic nitrogens is 4. The lowest BCUT2D eigenvalue weighted by molar-refractivity contribution is -0.122. The van der Waals surface area contributed by atoms with Gasteiger partial charge in [-0.25, -0.2) is 0 Å². The van der Waals surface area contributed by atoms with Gasteiger partial charge in [0, 0.05) is 22.5 Å². The summed E-state index contributed by atoms with van der Waals surface area (Å²) in [4.78, 5) is 13.2. The molecule has 0 saturated heterocycles. The maximum absolute atomic E-state index is 11.9. The summed E-state index contributed by atoms with van der Waals surface area (Å²) in [7, 11) is 0. The zero-order chi connectivity index (χ0) is 15.4. The summed E-state index contributed by atoms with van der Waals surface area (Å²) in [6.07, 6.45) is 0. The summed E-state index contributed by atoms with van der Waals surface area (Å²) >= 11 is 7.37. The highest BCUT2D eigenvalue weighted by molar-refractivity contribution is 7.08. The molecule has 0 aliphatic heterocycles. The van der Waals surface area contributed by atoms with Crippen molar-refractivity contribution in [2.24, 2.45) is 0 Å². The van der Waals surface area contributed by atoms with Gasteiger partial charge >= 0.3 is 0 Å². The predicted octanol–water partition coefficient (Wildman–Crippen LogP) is 2.37. The molecular formula is C14H12ClN5OS. The van der Waals surface area contributed by atoms with E-state index in [1.54, 1.807) is 23.5 Å². The second-order valence-corrected chi connectivity index (χ2v) is 5.78. The second kappa shape index (κ2) is 6.67. The van der Waals surface area contributed by atoms with E-state index in [1.807, 2.05) is 29.0 Å². The number of hydrogen-bond acceptors (Lipinski definition) is 5. The molecule has 3 rings (SSSR count). The van der Waals surface area contributed by atoms with Crippen molar-refractivity contribution >= 4 is 28.8 Å². The number of nitrogens with one attached hydrogen (secondary N) is 1. The number of benzene rings is 1. The van der Waals surface area contributed by atoms with E-state index in [2.05, 4.69) is 20.7 Å². The number of tetrazole rings is 1. The van der Waals surface area contributed by atoms with Gasteiger partial charge < -0.3 is 5.32 Å². The fourth-order valence-corrected chi connectivity index (χ4v) is 2.57. The average Bonchev–Trinajstić information content (AvgIpc) is 3.17. The van der Waals surface area contributed by atoms with Gasteiger partial charge in [0.05, 0.1) is 0 Å². The molecule has 0 spiro atoms. The van der Waals surface area contributed by atoms with Crippen molar-refractivity contribution in [3.63, 3.8) is 0 Å². The molecule has 112 valence electrons. The van der Waals surface area contributed by atoms with Crippen molar-refractivity contribution in [1.82, 2.24) is 25.5 Å². The van der Waals surface area contributed by atoms with E-state index in [0.29, 0.717) is 17.4 Å². The van der Waals surface area contributed by atoms with Crippen LogP contribution in [0.4, 0.5) is 0 Å². The average molecular weight is 334 g/mol. The number of carbonyl (C=O) groups excluding carboxylic acids is 1. The molecule has 0 radical (unpaired) electrons. The van der Waals surface area contributed by atoms with Gasteiger partial charge in [-0.05, 0) is 34.4 Å². The summed E-state index contributed by atoms with van der Waals surface area (Å²) < 4.78 is 0. The number of halogens is 1. The van der Waals surface area contributed by atoms with Crippen LogP contribution in [0.3, 0.4) is 0 Å². The maximum Gasteiger partial charge on any atom is 0.243 e. The molecule has 6 nitrogen and oxygen atoms in total. The normalized spacial score (nSPS) is 10.6. The summed E-state index contributed by atoms with van der Waals surface area (Å²) in [5.41, 5.74) is 1.88. The van der Waals surface area contributed by atoms with Crippen molar-refractivity contribution in [2.75, 3.05) is 0 Å². The molecule has 2 aromatic heterocycles. The van der Waals surface area contributed by atoms with Crippen molar-refractivity contribution in [3.8, 4) is 11.4 Å². The fraction of sp³-hybridized carbons (Fsp3) is 0.143. The van der Waals surface area contributed by atoms with Crippen LogP contribution in [0.1, 0.15) is 5.56 Å². The number of carbonyl (C=O) groups is 1. The Bertz CT molecular complexity index is 754. The van der Waals surface area contributed by atoms with E-state index >= 15 is 0 Å². The highest BCUT2D eigenvalue weighted by atomic mass is 35.5. The third kappa shape index (κ3) is 3.69. The predicted molar refractivity (Wildman–Crippen MR) is 84.4 cm³/mol. The van der Waals surface area contributed by atoms with Crippen LogP contribution in [0.15, 0.2) is 41.1 Å². The Morgan fingerprint density at radius 3 is 2.82 bits per heavy atom. The lowest BCUT2D eigenvalue weighted by Crippen LogP contribution is -2.28. The number of hydrogen-bond donors (Lipinski definition) is 1. The Morgan fingerprint density at radius 2 is 2.09 bits per heavy atom. The van der Waals surface area contributed by atoms with Crippen LogP contribution >= 0.6 is 22.9 Å². The molecule has 0 unspecified atom stereocenters. The first kappa shape index (κ1) is 14.7. The quantitative estimate of drug-likeness (QED) is 0.778. The van der Waals surface area contributed by atoms with E-state index < -0.39 is 0 Å². The van der Waals surface area contributed by atoms with Crippen LogP contribution in [-0.2, 0) is 17.9 Å². The Hall–Kier alpha value is -2.25. The van der Waals surface area contributed by atoms with Gasteiger partial charge in [0.15, 0.2) is 0 Å². The Balaban J connectivity index is 1.54. The maximum atomic E-state index is 11.9. The zero-order valence-corrected chi connectivity index (χ0v) is 13.0. The Morgan fingerprint density at radius 1 is 1.27 bits per heavy atom. The summed E-state index contributed by atoms with van der Waals surface area (Å²) in [6.45, 7) is 0.465. The summed E-state index contributed by atoms with van der Waals surface area (Å²) in [6, 6.07) is 9.22. The first-order valence-electron chi connectivity index (χ1n) is 6.52. The van der Waals surface area contributed by atoms with Crippen molar-refractivity contribution in [2.45, 2.75) is 13.1 Å². The molecule has 0 atom stereocenters. The van der Waals surface area contributed by atoms with Crippen LogP contribution in [0.5, 0.6) is 0 Å². The number of amides is 1. The molecule has 8 heteroatoms. The zero-order valence-electron chi connectivity index (χ0n) is 11.4. The fourth-order valence-electron chi connectivity index (χ4n) is 1.80. The molecule has 0 fully saturated rings. The molecule has 2 heterocycles. The molecule has 0 saturated carbocycles. The molecule has 1 aromatic carbocycles. The Kier molecular flexibility index (Phi) is 4.45. The smallest absolute Gasteiger partial charge is 0.243 e. The van der Waals surface area contributed by atoms with Gasteiger partial charge in [0.25, 0.3) is 0 Å². The van der Waals surface area contributed by atoms with Gasteiger partial charge in [-0.15, -0.1) is 10.2 Å². The van der Waals surface area contributed by atoms with Gasteiger partial charge in [-0.3, -0.25) is 4.79 Å². The third-order valence-corrected chi connectivity index (χ3v) is 3.86. The van der Waals surface area contributed by atoms with Gasteiger partial charge in [0.1, 0.15) is 6.54 Å². The first-order chi connectivity index (χ1) is 10.7. The third-order valence-electron chi connectivity index (χ3n) is 2.92. The largest absolute Gasteiger partial charge is 0.350 e. The van der Waals surface area contributed by atoms with Crippen LogP contribution in [0.2, 0.25) is 5.02 Å². The van der Waals surface area contributed by atoms with Gasteiger partial charge in [-0.2, -0.15) is 16.1 Å². The van der Waals surface area contributed by atoms with Crippen molar-refractivity contribution < 1.29 is 4.79 Å². The minimum Gasteiger partial charge on any atom is -0.350 e. The highest BCUT2D eigenvalue weighted by Crippen LogP contribution is 2.16.